The Morgan fingerprint density at radius 1 is 1.37 bits per heavy atom. The highest BCUT2D eigenvalue weighted by molar-refractivity contribution is 5.45. The summed E-state index contributed by atoms with van der Waals surface area (Å²) < 4.78 is 54.3. The van der Waals surface area contributed by atoms with E-state index in [1.807, 2.05) is 0 Å². The van der Waals surface area contributed by atoms with Crippen molar-refractivity contribution in [2.75, 3.05) is 12.3 Å². The smallest absolute Gasteiger partial charge is 0.340 e. The van der Waals surface area contributed by atoms with E-state index in [-0.39, 0.29) is 23.2 Å². The molecule has 0 aliphatic heterocycles. The normalized spacial score (nSPS) is 15.9. The lowest BCUT2D eigenvalue weighted by atomic mass is 10.3. The van der Waals surface area contributed by atoms with E-state index in [9.17, 15) is 17.6 Å². The molecule has 0 amide bonds. The number of halogens is 4. The van der Waals surface area contributed by atoms with Crippen molar-refractivity contribution in [2.24, 2.45) is 0 Å². The van der Waals surface area contributed by atoms with Crippen molar-refractivity contribution in [1.29, 1.82) is 0 Å². The van der Waals surface area contributed by atoms with Crippen LogP contribution in [0, 0.1) is 6.92 Å². The molecule has 19 heavy (non-hydrogen) atoms. The van der Waals surface area contributed by atoms with Gasteiger partial charge in [-0.3, -0.25) is 0 Å². The maximum atomic E-state index is 12.8. The summed E-state index contributed by atoms with van der Waals surface area (Å²) in [4.78, 5) is 7.99. The minimum absolute atomic E-state index is 0.118. The lowest BCUT2D eigenvalue weighted by molar-refractivity contribution is -0.148. The van der Waals surface area contributed by atoms with Gasteiger partial charge in [-0.1, -0.05) is 0 Å². The molecule has 1 heterocycles. The van der Waals surface area contributed by atoms with E-state index in [1.165, 1.54) is 6.92 Å². The molecule has 2 N–H and O–H groups in total. The highest BCUT2D eigenvalue weighted by atomic mass is 19.3. The van der Waals surface area contributed by atoms with E-state index in [0.29, 0.717) is 5.82 Å². The largest absolute Gasteiger partial charge is 0.471 e. The van der Waals surface area contributed by atoms with Gasteiger partial charge >= 0.3 is 12.3 Å². The summed E-state index contributed by atoms with van der Waals surface area (Å²) >= 11 is 0. The third kappa shape index (κ3) is 3.05. The van der Waals surface area contributed by atoms with Gasteiger partial charge in [0.1, 0.15) is 11.6 Å². The van der Waals surface area contributed by atoms with Gasteiger partial charge in [-0.25, -0.2) is 13.8 Å². The molecule has 1 fully saturated rings. The molecule has 0 spiro atoms. The van der Waals surface area contributed by atoms with Gasteiger partial charge in [0.25, 0.3) is 0 Å². The topological polar surface area (TPSA) is 61.0 Å². The summed E-state index contributed by atoms with van der Waals surface area (Å²) in [6.07, 6.45) is -1.99. The second-order valence-corrected chi connectivity index (χ2v) is 4.52. The monoisotopic (exact) mass is 279 g/mol. The Balaban J connectivity index is 2.15. The van der Waals surface area contributed by atoms with E-state index in [0.717, 1.165) is 12.8 Å². The average molecular weight is 279 g/mol. The second kappa shape index (κ2) is 4.82. The average Bonchev–Trinajstić information content (AvgIpc) is 3.14. The van der Waals surface area contributed by atoms with E-state index < -0.39 is 19.0 Å². The highest BCUT2D eigenvalue weighted by Crippen LogP contribution is 2.39. The van der Waals surface area contributed by atoms with Crippen molar-refractivity contribution >= 4 is 5.82 Å². The number of alkyl halides is 4. The number of aromatic nitrogens is 2. The van der Waals surface area contributed by atoms with E-state index >= 15 is 0 Å². The Morgan fingerprint density at radius 2 is 2.00 bits per heavy atom. The van der Waals surface area contributed by atoms with Gasteiger partial charge in [-0.15, -0.1) is 0 Å². The van der Waals surface area contributed by atoms with Crippen molar-refractivity contribution in [3.05, 3.63) is 11.4 Å². The summed E-state index contributed by atoms with van der Waals surface area (Å²) in [7, 11) is 0. The Bertz CT molecular complexity index is 477. The number of rotatable bonds is 5. The molecule has 0 bridgehead atoms. The van der Waals surface area contributed by atoms with Crippen LogP contribution in [0.4, 0.5) is 23.4 Å². The van der Waals surface area contributed by atoms with Crippen LogP contribution in [0.2, 0.25) is 0 Å². The summed E-state index contributed by atoms with van der Waals surface area (Å²) in [6, 6.07) is 0. The summed E-state index contributed by atoms with van der Waals surface area (Å²) in [5.74, 6) is -3.69. The first-order valence-electron chi connectivity index (χ1n) is 5.74. The molecule has 0 aromatic carbocycles. The minimum Gasteiger partial charge on any atom is -0.471 e. The maximum absolute atomic E-state index is 12.8. The van der Waals surface area contributed by atoms with E-state index in [1.54, 1.807) is 0 Å². The van der Waals surface area contributed by atoms with Gasteiger partial charge < -0.3 is 10.5 Å². The van der Waals surface area contributed by atoms with Crippen LogP contribution in [0.1, 0.15) is 30.1 Å². The predicted molar refractivity (Wildman–Crippen MR) is 59.6 cm³/mol. The number of nitrogen functional groups attached to an aromatic ring is 1. The third-order valence-electron chi connectivity index (χ3n) is 2.82. The zero-order valence-electron chi connectivity index (χ0n) is 10.2. The molecule has 1 aromatic heterocycles. The predicted octanol–water partition coefficient (Wildman–Crippen LogP) is 2.52. The number of anilines is 1. The first-order valence-corrected chi connectivity index (χ1v) is 5.74. The summed E-state index contributed by atoms with van der Waals surface area (Å²) in [6.45, 7) is 0.0495. The lowest BCUT2D eigenvalue weighted by Gasteiger charge is -2.17. The molecule has 4 nitrogen and oxygen atoms in total. The first kappa shape index (κ1) is 13.8. The molecular weight excluding hydrogens is 266 g/mol. The molecule has 0 atom stereocenters. The molecule has 8 heteroatoms. The van der Waals surface area contributed by atoms with Gasteiger partial charge in [0.15, 0.2) is 6.61 Å². The van der Waals surface area contributed by atoms with Crippen LogP contribution in [0.5, 0.6) is 5.88 Å². The Kier molecular flexibility index (Phi) is 3.51. The van der Waals surface area contributed by atoms with Gasteiger partial charge in [0.05, 0.1) is 5.56 Å². The van der Waals surface area contributed by atoms with Crippen LogP contribution in [0.15, 0.2) is 0 Å². The van der Waals surface area contributed by atoms with Crippen molar-refractivity contribution in [1.82, 2.24) is 9.97 Å². The van der Waals surface area contributed by atoms with Crippen LogP contribution in [-0.2, 0) is 0 Å². The molecule has 1 aliphatic rings. The van der Waals surface area contributed by atoms with Gasteiger partial charge in [0, 0.05) is 5.92 Å². The minimum atomic E-state index is -4.22. The maximum Gasteiger partial charge on any atom is 0.340 e. The zero-order chi connectivity index (χ0) is 14.2. The molecular formula is C11H13F4N3O. The van der Waals surface area contributed by atoms with Crippen molar-refractivity contribution in [3.8, 4) is 5.88 Å². The SMILES string of the molecule is Cc1c(N)nc(C2CC2)nc1OCC(F)(F)C(F)F. The number of hydrogen-bond acceptors (Lipinski definition) is 4. The fourth-order valence-electron chi connectivity index (χ4n) is 1.42. The van der Waals surface area contributed by atoms with Crippen molar-refractivity contribution in [3.63, 3.8) is 0 Å². The fourth-order valence-corrected chi connectivity index (χ4v) is 1.42. The third-order valence-corrected chi connectivity index (χ3v) is 2.82. The van der Waals surface area contributed by atoms with Crippen molar-refractivity contribution in [2.45, 2.75) is 38.0 Å². The van der Waals surface area contributed by atoms with Crippen molar-refractivity contribution < 1.29 is 22.3 Å². The molecule has 0 saturated heterocycles. The highest BCUT2D eigenvalue weighted by Gasteiger charge is 2.42. The molecule has 0 unspecified atom stereocenters. The number of nitrogens with two attached hydrogens (primary N) is 1. The molecule has 1 aliphatic carbocycles. The number of hydrogen-bond donors (Lipinski definition) is 1. The standard InChI is InChI=1S/C11H13F4N3O/c1-5-7(16)17-8(6-2-3-6)18-9(5)19-4-11(14,15)10(12)13/h6,10H,2-4H2,1H3,(H2,16,17,18). The van der Waals surface area contributed by atoms with Gasteiger partial charge in [-0.2, -0.15) is 13.8 Å². The van der Waals surface area contributed by atoms with Crippen LogP contribution < -0.4 is 10.5 Å². The van der Waals surface area contributed by atoms with Crippen LogP contribution in [0.3, 0.4) is 0 Å². The summed E-state index contributed by atoms with van der Waals surface area (Å²) in [5.41, 5.74) is 5.89. The molecule has 1 aromatic rings. The first-order chi connectivity index (χ1) is 8.81. The molecule has 1 saturated carbocycles. The Labute approximate surface area is 107 Å². The number of nitrogens with zero attached hydrogens (tertiary/aromatic N) is 2. The van der Waals surface area contributed by atoms with Gasteiger partial charge in [-0.05, 0) is 19.8 Å². The van der Waals surface area contributed by atoms with Gasteiger partial charge in [0.2, 0.25) is 5.88 Å². The van der Waals surface area contributed by atoms with Crippen LogP contribution >= 0.6 is 0 Å². The fraction of sp³-hybridized carbons (Fsp3) is 0.636. The number of ether oxygens (including phenoxy) is 1. The van der Waals surface area contributed by atoms with E-state index in [4.69, 9.17) is 10.5 Å². The Hall–Kier alpha value is -1.60. The van der Waals surface area contributed by atoms with Crippen LogP contribution in [-0.4, -0.2) is 28.9 Å². The second-order valence-electron chi connectivity index (χ2n) is 4.52. The molecule has 106 valence electrons. The quantitative estimate of drug-likeness (QED) is 0.841. The lowest BCUT2D eigenvalue weighted by Crippen LogP contribution is -2.34. The zero-order valence-corrected chi connectivity index (χ0v) is 10.2. The molecule has 0 radical (unpaired) electrons. The molecule has 2 rings (SSSR count). The summed E-state index contributed by atoms with van der Waals surface area (Å²) in [5, 5.41) is 0. The van der Waals surface area contributed by atoms with E-state index in [2.05, 4.69) is 9.97 Å². The van der Waals surface area contributed by atoms with Crippen LogP contribution in [0.25, 0.3) is 0 Å². The Morgan fingerprint density at radius 3 is 2.53 bits per heavy atom.